The second-order valence-electron chi connectivity index (χ2n) is 5.37. The first-order valence-electron chi connectivity index (χ1n) is 7.78. The standard InChI is InChI=1S/C21H13N3O2/c22-12-15(13-23)14-24-20-8-4-3-7-19(20)21(25)26-18-10-9-16-5-1-2-6-17(16)11-18/h1-11,14,24H. The molecule has 124 valence electrons. The molecular weight excluding hydrogens is 326 g/mol. The van der Waals surface area contributed by atoms with Crippen LogP contribution < -0.4 is 10.1 Å². The number of ether oxygens (including phenoxy) is 1. The van der Waals surface area contributed by atoms with Gasteiger partial charge in [0, 0.05) is 6.20 Å². The topological polar surface area (TPSA) is 85.9 Å². The predicted octanol–water partition coefficient (Wildman–Crippen LogP) is 4.40. The van der Waals surface area contributed by atoms with Crippen molar-refractivity contribution in [2.75, 3.05) is 5.32 Å². The maximum Gasteiger partial charge on any atom is 0.345 e. The summed E-state index contributed by atoms with van der Waals surface area (Å²) in [6.45, 7) is 0. The van der Waals surface area contributed by atoms with Gasteiger partial charge in [0.15, 0.2) is 0 Å². The summed E-state index contributed by atoms with van der Waals surface area (Å²) in [5.41, 5.74) is 0.649. The number of nitriles is 2. The van der Waals surface area contributed by atoms with Crippen LogP contribution in [0.1, 0.15) is 10.4 Å². The third kappa shape index (κ3) is 3.69. The van der Waals surface area contributed by atoms with Crippen molar-refractivity contribution in [2.45, 2.75) is 0 Å². The van der Waals surface area contributed by atoms with Gasteiger partial charge in [-0.3, -0.25) is 0 Å². The molecule has 0 saturated heterocycles. The largest absolute Gasteiger partial charge is 0.423 e. The summed E-state index contributed by atoms with van der Waals surface area (Å²) in [7, 11) is 0. The molecule has 0 saturated carbocycles. The Balaban J connectivity index is 1.84. The summed E-state index contributed by atoms with van der Waals surface area (Å²) < 4.78 is 5.48. The zero-order valence-electron chi connectivity index (χ0n) is 13.6. The number of nitrogens with zero attached hydrogens (tertiary/aromatic N) is 2. The van der Waals surface area contributed by atoms with Crippen molar-refractivity contribution in [1.29, 1.82) is 10.5 Å². The summed E-state index contributed by atoms with van der Waals surface area (Å²) >= 11 is 0. The molecule has 0 radical (unpaired) electrons. The van der Waals surface area contributed by atoms with Crippen LogP contribution in [0.2, 0.25) is 0 Å². The Morgan fingerprint density at radius 3 is 2.38 bits per heavy atom. The molecule has 5 nitrogen and oxygen atoms in total. The summed E-state index contributed by atoms with van der Waals surface area (Å²) in [6.07, 6.45) is 1.25. The molecule has 0 unspecified atom stereocenters. The van der Waals surface area contributed by atoms with Crippen molar-refractivity contribution >= 4 is 22.4 Å². The van der Waals surface area contributed by atoms with Gasteiger partial charge in [-0.15, -0.1) is 0 Å². The molecule has 0 fully saturated rings. The molecule has 0 aliphatic heterocycles. The average molecular weight is 339 g/mol. The average Bonchev–Trinajstić information content (AvgIpc) is 2.69. The summed E-state index contributed by atoms with van der Waals surface area (Å²) in [5, 5.41) is 22.4. The lowest BCUT2D eigenvalue weighted by Gasteiger charge is -2.10. The first-order chi connectivity index (χ1) is 12.7. The molecule has 0 aliphatic rings. The molecule has 5 heteroatoms. The number of carbonyl (C=O) groups is 1. The SMILES string of the molecule is N#CC(C#N)=CNc1ccccc1C(=O)Oc1ccc2ccccc2c1. The monoisotopic (exact) mass is 339 g/mol. The normalized spacial score (nSPS) is 9.62. The molecule has 0 aliphatic carbocycles. The highest BCUT2D eigenvalue weighted by Crippen LogP contribution is 2.23. The van der Waals surface area contributed by atoms with E-state index in [1.807, 2.05) is 30.3 Å². The number of esters is 1. The van der Waals surface area contributed by atoms with Crippen LogP contribution in [0.4, 0.5) is 5.69 Å². The van der Waals surface area contributed by atoms with Gasteiger partial charge in [-0.05, 0) is 35.0 Å². The number of para-hydroxylation sites is 1. The number of rotatable bonds is 4. The lowest BCUT2D eigenvalue weighted by Crippen LogP contribution is -2.11. The zero-order chi connectivity index (χ0) is 18.4. The lowest BCUT2D eigenvalue weighted by molar-refractivity contribution is 0.0736. The molecule has 26 heavy (non-hydrogen) atoms. The molecule has 0 spiro atoms. The van der Waals surface area contributed by atoms with Crippen LogP contribution >= 0.6 is 0 Å². The minimum Gasteiger partial charge on any atom is -0.423 e. The van der Waals surface area contributed by atoms with E-state index in [4.69, 9.17) is 15.3 Å². The third-order valence-corrected chi connectivity index (χ3v) is 3.69. The van der Waals surface area contributed by atoms with Gasteiger partial charge in [-0.1, -0.05) is 42.5 Å². The highest BCUT2D eigenvalue weighted by atomic mass is 16.5. The minimum atomic E-state index is -0.535. The summed E-state index contributed by atoms with van der Waals surface area (Å²) in [5.74, 6) is -0.0963. The Hall–Kier alpha value is -4.09. The molecule has 0 aromatic heterocycles. The van der Waals surface area contributed by atoms with Crippen molar-refractivity contribution in [1.82, 2.24) is 0 Å². The second kappa shape index (κ2) is 7.65. The Morgan fingerprint density at radius 2 is 1.62 bits per heavy atom. The van der Waals surface area contributed by atoms with E-state index < -0.39 is 5.97 Å². The fourth-order valence-electron chi connectivity index (χ4n) is 2.42. The number of fused-ring (bicyclic) bond motifs is 1. The van der Waals surface area contributed by atoms with E-state index in [2.05, 4.69) is 5.32 Å². The highest BCUT2D eigenvalue weighted by molar-refractivity contribution is 5.97. The van der Waals surface area contributed by atoms with Crippen LogP contribution in [0.25, 0.3) is 10.8 Å². The molecule has 1 N–H and O–H groups in total. The van der Waals surface area contributed by atoms with E-state index in [-0.39, 0.29) is 5.57 Å². The first kappa shape index (κ1) is 16.8. The van der Waals surface area contributed by atoms with Crippen molar-refractivity contribution in [3.05, 3.63) is 84.1 Å². The number of hydrogen-bond donors (Lipinski definition) is 1. The van der Waals surface area contributed by atoms with E-state index in [1.165, 1.54) is 6.20 Å². The highest BCUT2D eigenvalue weighted by Gasteiger charge is 2.13. The van der Waals surface area contributed by atoms with Gasteiger partial charge in [0.1, 0.15) is 23.5 Å². The number of nitrogens with one attached hydrogen (secondary N) is 1. The Kier molecular flexibility index (Phi) is 4.93. The quantitative estimate of drug-likeness (QED) is 0.432. The van der Waals surface area contributed by atoms with Gasteiger partial charge in [0.2, 0.25) is 0 Å². The molecular formula is C21H13N3O2. The second-order valence-corrected chi connectivity index (χ2v) is 5.37. The Morgan fingerprint density at radius 1 is 0.923 bits per heavy atom. The smallest absolute Gasteiger partial charge is 0.345 e. The fourth-order valence-corrected chi connectivity index (χ4v) is 2.42. The molecule has 3 aromatic rings. The van der Waals surface area contributed by atoms with E-state index in [9.17, 15) is 4.79 Å². The van der Waals surface area contributed by atoms with Gasteiger partial charge in [0.05, 0.1) is 11.3 Å². The van der Waals surface area contributed by atoms with Gasteiger partial charge >= 0.3 is 5.97 Å². The van der Waals surface area contributed by atoms with Crippen LogP contribution in [0.3, 0.4) is 0 Å². The van der Waals surface area contributed by atoms with E-state index in [0.29, 0.717) is 17.0 Å². The van der Waals surface area contributed by atoms with Crippen molar-refractivity contribution < 1.29 is 9.53 Å². The van der Waals surface area contributed by atoms with Crippen molar-refractivity contribution in [3.8, 4) is 17.9 Å². The van der Waals surface area contributed by atoms with E-state index in [1.54, 1.807) is 48.5 Å². The summed E-state index contributed by atoms with van der Waals surface area (Å²) in [6, 6.07) is 23.4. The number of anilines is 1. The summed E-state index contributed by atoms with van der Waals surface area (Å²) in [4.78, 5) is 12.5. The molecule has 3 aromatic carbocycles. The molecule has 0 amide bonds. The van der Waals surface area contributed by atoms with Crippen molar-refractivity contribution in [2.24, 2.45) is 0 Å². The van der Waals surface area contributed by atoms with Gasteiger partial charge in [-0.25, -0.2) is 4.79 Å². The maximum atomic E-state index is 12.5. The molecule has 0 atom stereocenters. The van der Waals surface area contributed by atoms with Crippen LogP contribution in [0.15, 0.2) is 78.5 Å². The number of allylic oxidation sites excluding steroid dienone is 1. The Bertz CT molecular complexity index is 1070. The minimum absolute atomic E-state index is 0.0947. The molecule has 0 heterocycles. The first-order valence-corrected chi connectivity index (χ1v) is 7.78. The van der Waals surface area contributed by atoms with Crippen LogP contribution in [0.5, 0.6) is 5.75 Å². The number of hydrogen-bond acceptors (Lipinski definition) is 5. The van der Waals surface area contributed by atoms with Crippen LogP contribution in [-0.2, 0) is 0 Å². The molecule has 0 bridgehead atoms. The molecule has 3 rings (SSSR count). The van der Waals surface area contributed by atoms with Gasteiger partial charge < -0.3 is 10.1 Å². The lowest BCUT2D eigenvalue weighted by atomic mass is 10.1. The van der Waals surface area contributed by atoms with Crippen molar-refractivity contribution in [3.63, 3.8) is 0 Å². The van der Waals surface area contributed by atoms with Crippen LogP contribution in [-0.4, -0.2) is 5.97 Å². The predicted molar refractivity (Wildman–Crippen MR) is 98.3 cm³/mol. The maximum absolute atomic E-state index is 12.5. The van der Waals surface area contributed by atoms with E-state index >= 15 is 0 Å². The van der Waals surface area contributed by atoms with E-state index in [0.717, 1.165) is 10.8 Å². The Labute approximate surface area is 150 Å². The van der Waals surface area contributed by atoms with Gasteiger partial charge in [0.25, 0.3) is 0 Å². The fraction of sp³-hybridized carbons (Fsp3) is 0. The number of benzene rings is 3. The van der Waals surface area contributed by atoms with Crippen LogP contribution in [0, 0.1) is 22.7 Å². The number of carbonyl (C=O) groups excluding carboxylic acids is 1. The third-order valence-electron chi connectivity index (χ3n) is 3.69. The van der Waals surface area contributed by atoms with Gasteiger partial charge in [-0.2, -0.15) is 10.5 Å². The zero-order valence-corrected chi connectivity index (χ0v) is 13.6.